The summed E-state index contributed by atoms with van der Waals surface area (Å²) in [6.45, 7) is 5.34. The number of hydrogen-bond donors (Lipinski definition) is 1. The molecule has 1 aliphatic heterocycles. The molecule has 1 saturated heterocycles. The molecule has 2 aromatic carbocycles. The van der Waals surface area contributed by atoms with Crippen LogP contribution >= 0.6 is 0 Å². The second-order valence-electron chi connectivity index (χ2n) is 7.02. The lowest BCUT2D eigenvalue weighted by Crippen LogP contribution is -2.30. The van der Waals surface area contributed by atoms with Crippen LogP contribution in [0.5, 0.6) is 0 Å². The third-order valence-corrected chi connectivity index (χ3v) is 4.71. The van der Waals surface area contributed by atoms with E-state index in [1.54, 1.807) is 6.07 Å². The molecule has 3 amide bonds. The molecule has 0 spiro atoms. The van der Waals surface area contributed by atoms with Crippen LogP contribution in [0.2, 0.25) is 0 Å². The molecular formula is C22H22N2O5. The van der Waals surface area contributed by atoms with Gasteiger partial charge in [0.25, 0.3) is 5.91 Å². The maximum absolute atomic E-state index is 12.3. The van der Waals surface area contributed by atoms with Crippen molar-refractivity contribution < 1.29 is 23.9 Å². The van der Waals surface area contributed by atoms with Crippen LogP contribution in [-0.2, 0) is 19.1 Å². The van der Waals surface area contributed by atoms with Crippen molar-refractivity contribution in [3.05, 3.63) is 59.2 Å². The number of imide groups is 1. The highest BCUT2D eigenvalue weighted by atomic mass is 16.5. The molecule has 0 radical (unpaired) electrons. The maximum atomic E-state index is 12.3. The molecule has 7 nitrogen and oxygen atoms in total. The van der Waals surface area contributed by atoms with E-state index in [0.29, 0.717) is 11.4 Å². The Labute approximate surface area is 168 Å². The van der Waals surface area contributed by atoms with Crippen LogP contribution in [0.4, 0.5) is 11.4 Å². The summed E-state index contributed by atoms with van der Waals surface area (Å²) >= 11 is 0. The van der Waals surface area contributed by atoms with Crippen molar-refractivity contribution in [3.8, 4) is 0 Å². The first-order chi connectivity index (χ1) is 13.8. The summed E-state index contributed by atoms with van der Waals surface area (Å²) < 4.78 is 5.24. The Bertz CT molecular complexity index is 965. The molecule has 1 atom stereocenters. The van der Waals surface area contributed by atoms with Gasteiger partial charge in [0.2, 0.25) is 11.8 Å². The lowest BCUT2D eigenvalue weighted by atomic mass is 10.1. The Kier molecular flexibility index (Phi) is 5.77. The summed E-state index contributed by atoms with van der Waals surface area (Å²) in [4.78, 5) is 49.4. The van der Waals surface area contributed by atoms with Gasteiger partial charge in [-0.25, -0.2) is 4.79 Å². The van der Waals surface area contributed by atoms with Crippen molar-refractivity contribution >= 4 is 35.1 Å². The first-order valence-electron chi connectivity index (χ1n) is 9.31. The number of hydrogen-bond acceptors (Lipinski definition) is 5. The molecule has 1 N–H and O–H groups in total. The molecule has 1 aliphatic rings. The average molecular weight is 394 g/mol. The van der Waals surface area contributed by atoms with Crippen molar-refractivity contribution in [3.63, 3.8) is 0 Å². The van der Waals surface area contributed by atoms with E-state index >= 15 is 0 Å². The molecule has 0 unspecified atom stereocenters. The van der Waals surface area contributed by atoms with Crippen LogP contribution in [0.25, 0.3) is 0 Å². The lowest BCUT2D eigenvalue weighted by molar-refractivity contribution is -0.124. The summed E-state index contributed by atoms with van der Waals surface area (Å²) in [5, 5.41) is 2.75. The first-order valence-corrected chi connectivity index (χ1v) is 9.31. The zero-order valence-electron chi connectivity index (χ0n) is 16.5. The number of aryl methyl sites for hydroxylation is 2. The normalized spacial score (nSPS) is 14.7. The van der Waals surface area contributed by atoms with Gasteiger partial charge in [0.1, 0.15) is 0 Å². The number of esters is 1. The van der Waals surface area contributed by atoms with Crippen molar-refractivity contribution in [1.82, 2.24) is 0 Å². The SMILES string of the molecule is Cc1ccc(NC(=O)[C@H](C)OC(=O)c2ccc(N3C(=O)CCC3=O)cc2)c(C)c1. The molecule has 150 valence electrons. The van der Waals surface area contributed by atoms with Gasteiger partial charge >= 0.3 is 5.97 Å². The minimum atomic E-state index is -0.996. The maximum Gasteiger partial charge on any atom is 0.338 e. The third-order valence-electron chi connectivity index (χ3n) is 4.71. The molecule has 0 saturated carbocycles. The van der Waals surface area contributed by atoms with Crippen LogP contribution < -0.4 is 10.2 Å². The molecule has 0 aliphatic carbocycles. The number of benzene rings is 2. The Morgan fingerprint density at radius 2 is 1.62 bits per heavy atom. The van der Waals surface area contributed by atoms with Crippen molar-refractivity contribution in [2.24, 2.45) is 0 Å². The number of ether oxygens (including phenoxy) is 1. The number of nitrogens with one attached hydrogen (secondary N) is 1. The predicted molar refractivity (Wildman–Crippen MR) is 108 cm³/mol. The number of carbonyl (C=O) groups excluding carboxylic acids is 4. The van der Waals surface area contributed by atoms with Crippen LogP contribution in [0.15, 0.2) is 42.5 Å². The van der Waals surface area contributed by atoms with E-state index < -0.39 is 18.0 Å². The minimum absolute atomic E-state index is 0.190. The number of carbonyl (C=O) groups is 4. The zero-order chi connectivity index (χ0) is 21.1. The van der Waals surface area contributed by atoms with Gasteiger partial charge in [-0.2, -0.15) is 0 Å². The molecule has 0 aromatic heterocycles. The van der Waals surface area contributed by atoms with Crippen molar-refractivity contribution in [2.75, 3.05) is 10.2 Å². The van der Waals surface area contributed by atoms with Crippen molar-refractivity contribution in [1.29, 1.82) is 0 Å². The van der Waals surface area contributed by atoms with Gasteiger partial charge in [0, 0.05) is 18.5 Å². The summed E-state index contributed by atoms with van der Waals surface area (Å²) in [5.74, 6) is -1.63. The van der Waals surface area contributed by atoms with E-state index in [2.05, 4.69) is 5.32 Å². The smallest absolute Gasteiger partial charge is 0.338 e. The molecule has 7 heteroatoms. The monoisotopic (exact) mass is 394 g/mol. The lowest BCUT2D eigenvalue weighted by Gasteiger charge is -2.16. The van der Waals surface area contributed by atoms with Gasteiger partial charge in [-0.05, 0) is 56.7 Å². The molecule has 3 rings (SSSR count). The Morgan fingerprint density at radius 1 is 1.00 bits per heavy atom. The van der Waals surface area contributed by atoms with Gasteiger partial charge in [0.15, 0.2) is 6.10 Å². The fourth-order valence-corrected chi connectivity index (χ4v) is 3.08. The molecular weight excluding hydrogens is 372 g/mol. The fraction of sp³-hybridized carbons (Fsp3) is 0.273. The molecule has 0 bridgehead atoms. The van der Waals surface area contributed by atoms with Crippen LogP contribution in [0, 0.1) is 13.8 Å². The predicted octanol–water partition coefficient (Wildman–Crippen LogP) is 3.14. The second-order valence-corrected chi connectivity index (χ2v) is 7.02. The molecule has 2 aromatic rings. The Balaban J connectivity index is 1.62. The van der Waals surface area contributed by atoms with E-state index in [4.69, 9.17) is 4.74 Å². The first kappa shape index (κ1) is 20.3. The van der Waals surface area contributed by atoms with Gasteiger partial charge in [-0.1, -0.05) is 17.7 Å². The van der Waals surface area contributed by atoms with E-state index in [0.717, 1.165) is 16.0 Å². The molecule has 29 heavy (non-hydrogen) atoms. The minimum Gasteiger partial charge on any atom is -0.449 e. The molecule has 1 fully saturated rings. The van der Waals surface area contributed by atoms with Gasteiger partial charge < -0.3 is 10.1 Å². The highest BCUT2D eigenvalue weighted by Crippen LogP contribution is 2.23. The Morgan fingerprint density at radius 3 is 2.21 bits per heavy atom. The van der Waals surface area contributed by atoms with Crippen LogP contribution in [0.3, 0.4) is 0 Å². The average Bonchev–Trinajstić information content (AvgIpc) is 3.02. The second kappa shape index (κ2) is 8.26. The summed E-state index contributed by atoms with van der Waals surface area (Å²) in [7, 11) is 0. The Hall–Kier alpha value is -3.48. The van der Waals surface area contributed by atoms with Gasteiger partial charge in [-0.3, -0.25) is 19.3 Å². The van der Waals surface area contributed by atoms with Crippen LogP contribution in [-0.4, -0.2) is 29.8 Å². The molecule has 1 heterocycles. The highest BCUT2D eigenvalue weighted by molar-refractivity contribution is 6.19. The number of rotatable bonds is 5. The zero-order valence-corrected chi connectivity index (χ0v) is 16.5. The van der Waals surface area contributed by atoms with Gasteiger partial charge in [-0.15, -0.1) is 0 Å². The van der Waals surface area contributed by atoms with E-state index in [1.807, 2.05) is 26.0 Å². The van der Waals surface area contributed by atoms with Crippen molar-refractivity contribution in [2.45, 2.75) is 39.7 Å². The van der Waals surface area contributed by atoms with E-state index in [9.17, 15) is 19.2 Å². The number of nitrogens with zero attached hydrogens (tertiary/aromatic N) is 1. The summed E-state index contributed by atoms with van der Waals surface area (Å²) in [6, 6.07) is 11.6. The number of amides is 3. The largest absolute Gasteiger partial charge is 0.449 e. The number of anilines is 2. The van der Waals surface area contributed by atoms with Gasteiger partial charge in [0.05, 0.1) is 11.3 Å². The quantitative estimate of drug-likeness (QED) is 0.621. The fourth-order valence-electron chi connectivity index (χ4n) is 3.08. The summed E-state index contributed by atoms with van der Waals surface area (Å²) in [5.41, 5.74) is 3.29. The van der Waals surface area contributed by atoms with Crippen LogP contribution in [0.1, 0.15) is 41.3 Å². The summed E-state index contributed by atoms with van der Waals surface area (Å²) in [6.07, 6.45) is -0.615. The van der Waals surface area contributed by atoms with E-state index in [-0.39, 0.29) is 30.2 Å². The van der Waals surface area contributed by atoms with E-state index in [1.165, 1.54) is 31.2 Å². The highest BCUT2D eigenvalue weighted by Gasteiger charge is 2.30. The topological polar surface area (TPSA) is 92.8 Å². The third kappa shape index (κ3) is 4.51. The standard InChI is InChI=1S/C22H22N2O5/c1-13-4-9-18(14(2)12-13)23-21(27)15(3)29-22(28)16-5-7-17(8-6-16)24-19(25)10-11-20(24)26/h4-9,12,15H,10-11H2,1-3H3,(H,23,27)/t15-/m0/s1.